The van der Waals surface area contributed by atoms with Gasteiger partial charge in [0, 0.05) is 137 Å². The van der Waals surface area contributed by atoms with Gasteiger partial charge in [-0.25, -0.2) is 0 Å². The minimum Gasteiger partial charge on any atom is -0.254 e. The van der Waals surface area contributed by atoms with Crippen molar-refractivity contribution in [2.45, 2.75) is 233 Å². The molecule has 0 amide bonds. The fraction of sp³-hybridized carbons (Fsp3) is 0.415. The van der Waals surface area contributed by atoms with E-state index in [1.54, 1.807) is 0 Å². The average Bonchev–Trinajstić information content (AvgIpc) is 0.703. The van der Waals surface area contributed by atoms with Crippen molar-refractivity contribution in [2.75, 3.05) is 0 Å². The quantitative estimate of drug-likeness (QED) is 0.0435. The molecule has 0 atom stereocenters. The van der Waals surface area contributed by atoms with Gasteiger partial charge in [0.2, 0.25) is 0 Å². The van der Waals surface area contributed by atoms with Gasteiger partial charge in [0.05, 0.1) is 45.6 Å². The van der Waals surface area contributed by atoms with Gasteiger partial charge >= 0.3 is 0 Å². The summed E-state index contributed by atoms with van der Waals surface area (Å²) in [5.74, 6) is 59.4. The summed E-state index contributed by atoms with van der Waals surface area (Å²) >= 11 is 0. The zero-order valence-corrected chi connectivity index (χ0v) is 67.2. The molecular weight excluding hydrogens is 1390 g/mol. The lowest BCUT2D eigenvalue weighted by Gasteiger charge is -2.65. The highest BCUT2D eigenvalue weighted by Crippen LogP contribution is 2.75. The van der Waals surface area contributed by atoms with E-state index in [0.29, 0.717) is 0 Å². The first-order chi connectivity index (χ1) is 55.7. The second-order valence-electron chi connectivity index (χ2n) is 35.5. The third-order valence-electron chi connectivity index (χ3n) is 25.7. The zero-order chi connectivity index (χ0) is 77.5. The number of unbranched alkanes of at least 4 members (excludes halogenated alkanes) is 12. The average molecular weight is 1490 g/mol. The first kappa shape index (κ1) is 75.6. The third kappa shape index (κ3) is 16.8. The highest BCUT2D eigenvalue weighted by molar-refractivity contribution is 5.66. The molecule has 8 aromatic heterocycles. The third-order valence-corrected chi connectivity index (χ3v) is 25.7. The second kappa shape index (κ2) is 32.4. The number of pyridine rings is 8. The van der Waals surface area contributed by atoms with Crippen LogP contribution in [-0.4, -0.2) is 39.9 Å². The molecule has 0 unspecified atom stereocenters. The molecule has 0 saturated heterocycles. The van der Waals surface area contributed by atoms with Crippen LogP contribution in [0.3, 0.4) is 0 Å². The van der Waals surface area contributed by atoms with Crippen LogP contribution in [-0.2, 0) is 25.7 Å². The van der Waals surface area contributed by atoms with Crippen molar-refractivity contribution in [3.05, 3.63) is 226 Å². The Morgan fingerprint density at radius 2 is 0.395 bits per heavy atom. The normalized spacial score (nSPS) is 24.3. The summed E-state index contributed by atoms with van der Waals surface area (Å²) in [7, 11) is 0. The Morgan fingerprint density at radius 3 is 0.561 bits per heavy atom. The van der Waals surface area contributed by atoms with E-state index < -0.39 is 0 Å². The van der Waals surface area contributed by atoms with E-state index in [9.17, 15) is 0 Å². The number of aryl methyl sites for hydroxylation is 4. The van der Waals surface area contributed by atoms with E-state index in [-0.39, 0.29) is 43.3 Å². The van der Waals surface area contributed by atoms with Crippen LogP contribution in [0.1, 0.15) is 274 Å². The van der Waals surface area contributed by atoms with E-state index in [0.717, 1.165) is 193 Å². The van der Waals surface area contributed by atoms with Crippen molar-refractivity contribution in [3.63, 3.8) is 0 Å². The molecule has 114 heavy (non-hydrogen) atoms. The van der Waals surface area contributed by atoms with Crippen molar-refractivity contribution < 1.29 is 0 Å². The molecule has 12 fully saturated rings. The highest BCUT2D eigenvalue weighted by atomic mass is 14.8. The molecule has 21 rings (SSSR count). The number of nitrogens with zero attached hydrogens (tertiary/aromatic N) is 8. The molecule has 1 aromatic carbocycles. The molecule has 8 heterocycles. The molecule has 0 N–H and O–H groups in total. The predicted octanol–water partition coefficient (Wildman–Crippen LogP) is 22.3. The smallest absolute Gasteiger partial charge is 0.0887 e. The molecular formula is C106H102N8. The lowest BCUT2D eigenvalue weighted by Crippen LogP contribution is -2.60. The van der Waals surface area contributed by atoms with Gasteiger partial charge in [0.25, 0.3) is 0 Å². The minimum absolute atomic E-state index is 0.0301. The van der Waals surface area contributed by atoms with Crippen LogP contribution in [0.15, 0.2) is 159 Å². The van der Waals surface area contributed by atoms with Crippen molar-refractivity contribution in [3.8, 4) is 140 Å². The van der Waals surface area contributed by atoms with Gasteiger partial charge in [0.1, 0.15) is 0 Å². The van der Waals surface area contributed by atoms with Gasteiger partial charge in [-0.05, 0) is 236 Å². The van der Waals surface area contributed by atoms with Crippen molar-refractivity contribution in [2.24, 2.45) is 43.3 Å². The fourth-order valence-corrected chi connectivity index (χ4v) is 19.2. The van der Waals surface area contributed by atoms with Gasteiger partial charge < -0.3 is 0 Å². The van der Waals surface area contributed by atoms with Crippen LogP contribution in [0.5, 0.6) is 0 Å². The number of aromatic nitrogens is 8. The van der Waals surface area contributed by atoms with Gasteiger partial charge in [-0.3, -0.25) is 39.9 Å². The number of benzene rings is 1. The Kier molecular flexibility index (Phi) is 21.5. The number of hydrogen-bond acceptors (Lipinski definition) is 8. The van der Waals surface area contributed by atoms with Crippen molar-refractivity contribution in [1.82, 2.24) is 39.9 Å². The summed E-state index contributed by atoms with van der Waals surface area (Å²) in [4.78, 5) is 38.3. The van der Waals surface area contributed by atoms with Crippen LogP contribution in [0.25, 0.3) is 45.6 Å². The Labute approximate surface area is 677 Å². The fourth-order valence-electron chi connectivity index (χ4n) is 19.2. The van der Waals surface area contributed by atoms with Gasteiger partial charge in [-0.15, -0.1) is 0 Å². The van der Waals surface area contributed by atoms with Crippen LogP contribution in [0, 0.1) is 138 Å². The molecule has 12 saturated carbocycles. The molecule has 8 nitrogen and oxygen atoms in total. The summed E-state index contributed by atoms with van der Waals surface area (Å²) in [6, 6.07) is 38.2. The summed E-state index contributed by atoms with van der Waals surface area (Å²) in [6.45, 7) is 9.01. The molecule has 566 valence electrons. The van der Waals surface area contributed by atoms with Crippen LogP contribution in [0.2, 0.25) is 0 Å². The van der Waals surface area contributed by atoms with Gasteiger partial charge in [0.15, 0.2) is 0 Å². The van der Waals surface area contributed by atoms with E-state index in [2.05, 4.69) is 207 Å². The van der Waals surface area contributed by atoms with E-state index in [1.807, 2.05) is 73.8 Å². The lowest BCUT2D eigenvalue weighted by atomic mass is 9.35. The molecule has 12 aliphatic rings. The Balaban J connectivity index is 0.618. The summed E-state index contributed by atoms with van der Waals surface area (Å²) < 4.78 is 0. The largest absolute Gasteiger partial charge is 0.254 e. The maximum atomic E-state index is 4.81. The monoisotopic (exact) mass is 1490 g/mol. The van der Waals surface area contributed by atoms with E-state index in [4.69, 9.17) is 39.9 Å². The Hall–Kier alpha value is -11.1. The van der Waals surface area contributed by atoms with Crippen LogP contribution < -0.4 is 0 Å². The number of rotatable bonds is 24. The van der Waals surface area contributed by atoms with Gasteiger partial charge in [-0.1, -0.05) is 224 Å². The van der Waals surface area contributed by atoms with E-state index >= 15 is 0 Å². The molecule has 8 bridgehead atoms. The van der Waals surface area contributed by atoms with Crippen molar-refractivity contribution >= 4 is 0 Å². The lowest BCUT2D eigenvalue weighted by molar-refractivity contribution is -0.113. The second-order valence-corrected chi connectivity index (χ2v) is 35.5. The van der Waals surface area contributed by atoms with Gasteiger partial charge in [-0.2, -0.15) is 0 Å². The first-order valence-corrected chi connectivity index (χ1v) is 42.8. The summed E-state index contributed by atoms with van der Waals surface area (Å²) in [5.41, 5.74) is 19.1. The zero-order valence-electron chi connectivity index (χ0n) is 67.2. The standard InChI is InChI=1S/C106H102N8/c1-5-9-13-17-21-79-25-33-91(107-59-79)95-37-29-83(63-111-95)41-49-99-67-103(68-99,69-99)53-45-87-57-89(47-55-105-73-101(74-105,75-105)51-43-85-31-39-97(113-65-85)93-35-27-81(61-109-93)23-19-15-11-7-3)90(48-56-106-76-102(77-106,78-106)52-44-86-32-40-98(114-66-86)94-36-28-82(62-110-94)24-20-16-12-8-4)58-88(87)46-54-104-70-100(71-104,72-104)50-42-84-30-38-96(112-64-84)92-34-26-80(60-108-92)22-18-14-10-6-2/h25-40,57-66H,5-24,67-78H2,1-4H3. The first-order valence-electron chi connectivity index (χ1n) is 42.8. The minimum atomic E-state index is -0.0830. The molecule has 0 radical (unpaired) electrons. The summed E-state index contributed by atoms with van der Waals surface area (Å²) in [6.07, 6.45) is 51.3. The Bertz CT molecular complexity index is 4830. The highest BCUT2D eigenvalue weighted by Gasteiger charge is 2.69. The summed E-state index contributed by atoms with van der Waals surface area (Å²) in [5, 5.41) is 0. The molecule has 0 spiro atoms. The SMILES string of the molecule is CCCCCCc1ccc(-c2ccc(C#CC34CC(C#Cc5cc(C#CC67CC(C#Cc8ccc(-c9ccc(CCCCCC)cn9)nc8)(C6)C7)c(C#CC67CC(C#Cc8ccc(-c9ccc(CCCCCC)cn9)nc8)(C6)C7)cc5C#CC56CC(C#Cc7ccc(-c8ccc(CCCCCC)cn8)nc7)(C5)C6)(C3)C4)cn2)nc1. The molecule has 9 aromatic rings. The topological polar surface area (TPSA) is 103 Å². The maximum Gasteiger partial charge on any atom is 0.0887 e. The Morgan fingerprint density at radius 1 is 0.211 bits per heavy atom. The molecule has 8 heteroatoms. The van der Waals surface area contributed by atoms with E-state index in [1.165, 1.54) is 125 Å². The van der Waals surface area contributed by atoms with Crippen LogP contribution in [0.4, 0.5) is 0 Å². The maximum absolute atomic E-state index is 4.81. The van der Waals surface area contributed by atoms with Crippen LogP contribution >= 0.6 is 0 Å². The molecule has 12 aliphatic carbocycles. The predicted molar refractivity (Wildman–Crippen MR) is 458 cm³/mol. The number of hydrogen-bond donors (Lipinski definition) is 0. The van der Waals surface area contributed by atoms with Crippen molar-refractivity contribution in [1.29, 1.82) is 0 Å². The molecule has 0 aliphatic heterocycles.